The molecule has 0 aromatic heterocycles. The third-order valence-electron chi connectivity index (χ3n) is 3.57. The smallest absolute Gasteiger partial charge is 0.303 e. The van der Waals surface area contributed by atoms with Crippen LogP contribution in [0, 0.1) is 5.41 Å². The summed E-state index contributed by atoms with van der Waals surface area (Å²) in [6, 6.07) is -0.379. The minimum absolute atomic E-state index is 0.00558. The van der Waals surface area contributed by atoms with Crippen molar-refractivity contribution in [2.24, 2.45) is 5.41 Å². The second kappa shape index (κ2) is 7.43. The summed E-state index contributed by atoms with van der Waals surface area (Å²) >= 11 is 0. The summed E-state index contributed by atoms with van der Waals surface area (Å²) in [5.74, 6) is -0.939. The fraction of sp³-hybridized carbons (Fsp3) is 0.800. The van der Waals surface area contributed by atoms with Crippen molar-refractivity contribution in [3.8, 4) is 0 Å². The van der Waals surface area contributed by atoms with E-state index in [4.69, 9.17) is 5.11 Å². The predicted octanol–water partition coefficient (Wildman–Crippen LogP) is 1.39. The molecule has 6 nitrogen and oxygen atoms in total. The molecule has 0 aromatic rings. The molecule has 1 aliphatic rings. The minimum Gasteiger partial charge on any atom is -0.481 e. The van der Waals surface area contributed by atoms with Gasteiger partial charge in [0.15, 0.2) is 0 Å². The molecule has 0 bridgehead atoms. The molecule has 0 aromatic carbocycles. The van der Waals surface area contributed by atoms with Crippen molar-refractivity contribution in [3.63, 3.8) is 0 Å². The normalized spacial score (nSPS) is 18.6. The average molecular weight is 298 g/mol. The van der Waals surface area contributed by atoms with Gasteiger partial charge in [0.05, 0.1) is 0 Å². The summed E-state index contributed by atoms with van der Waals surface area (Å²) < 4.78 is 0. The number of nitrogens with one attached hydrogen (secondary N) is 1. The number of nitrogens with zero attached hydrogens (tertiary/aromatic N) is 1. The van der Waals surface area contributed by atoms with Gasteiger partial charge in [-0.05, 0) is 25.7 Å². The van der Waals surface area contributed by atoms with Gasteiger partial charge in [-0.2, -0.15) is 0 Å². The van der Waals surface area contributed by atoms with E-state index in [2.05, 4.69) is 5.32 Å². The Morgan fingerprint density at radius 1 is 1.24 bits per heavy atom. The molecule has 1 rings (SSSR count). The summed E-state index contributed by atoms with van der Waals surface area (Å²) in [6.45, 7) is 6.66. The molecular formula is C15H26N2O4. The molecule has 1 aliphatic heterocycles. The molecule has 21 heavy (non-hydrogen) atoms. The van der Waals surface area contributed by atoms with Crippen molar-refractivity contribution < 1.29 is 19.5 Å². The first-order valence-electron chi connectivity index (χ1n) is 7.54. The van der Waals surface area contributed by atoms with Crippen molar-refractivity contribution in [2.45, 2.75) is 58.9 Å². The van der Waals surface area contributed by atoms with Crippen LogP contribution in [-0.2, 0) is 14.4 Å². The highest BCUT2D eigenvalue weighted by atomic mass is 16.4. The number of carboxylic acid groups (broad SMARTS) is 1. The minimum atomic E-state index is -0.820. The number of likely N-dealkylation sites (tertiary alicyclic amines) is 1. The molecule has 1 saturated heterocycles. The molecule has 2 N–H and O–H groups in total. The number of hydrogen-bond acceptors (Lipinski definition) is 3. The van der Waals surface area contributed by atoms with Crippen LogP contribution in [0.5, 0.6) is 0 Å². The highest BCUT2D eigenvalue weighted by Crippen LogP contribution is 2.25. The van der Waals surface area contributed by atoms with Crippen LogP contribution in [0.3, 0.4) is 0 Å². The molecule has 1 heterocycles. The van der Waals surface area contributed by atoms with Crippen LogP contribution in [0.4, 0.5) is 0 Å². The molecule has 0 saturated carbocycles. The van der Waals surface area contributed by atoms with Gasteiger partial charge in [-0.25, -0.2) is 0 Å². The molecule has 1 atom stereocenters. The first kappa shape index (κ1) is 17.5. The zero-order chi connectivity index (χ0) is 16.0. The predicted molar refractivity (Wildman–Crippen MR) is 78.7 cm³/mol. The van der Waals surface area contributed by atoms with Gasteiger partial charge in [0.1, 0.15) is 6.04 Å². The van der Waals surface area contributed by atoms with Crippen LogP contribution >= 0.6 is 0 Å². The third-order valence-corrected chi connectivity index (χ3v) is 3.57. The summed E-state index contributed by atoms with van der Waals surface area (Å²) in [6.07, 6.45) is 2.85. The van der Waals surface area contributed by atoms with Gasteiger partial charge in [0.2, 0.25) is 11.8 Å². The van der Waals surface area contributed by atoms with E-state index in [1.165, 1.54) is 0 Å². The fourth-order valence-electron chi connectivity index (χ4n) is 2.44. The van der Waals surface area contributed by atoms with Gasteiger partial charge in [-0.1, -0.05) is 20.8 Å². The van der Waals surface area contributed by atoms with E-state index in [1.54, 1.807) is 4.90 Å². The van der Waals surface area contributed by atoms with Crippen LogP contribution in [0.25, 0.3) is 0 Å². The molecular weight excluding hydrogens is 272 g/mol. The number of carboxylic acids is 1. The molecule has 0 radical (unpaired) electrons. The standard InChI is InChI=1S/C15H26N2O4/c1-15(2,3)14(21)17-10-6-7-11(17)13(20)16-9-5-4-8-12(18)19/h11H,4-10H2,1-3H3,(H,16,20)(H,18,19). The average Bonchev–Trinajstić information content (AvgIpc) is 2.84. The van der Waals surface area contributed by atoms with Gasteiger partial charge in [0, 0.05) is 24.9 Å². The Hall–Kier alpha value is -1.59. The molecule has 0 aliphatic carbocycles. The molecule has 0 spiro atoms. The highest BCUT2D eigenvalue weighted by molar-refractivity contribution is 5.90. The van der Waals surface area contributed by atoms with E-state index in [0.717, 1.165) is 6.42 Å². The Balaban J connectivity index is 2.42. The molecule has 120 valence electrons. The van der Waals surface area contributed by atoms with E-state index in [1.807, 2.05) is 20.8 Å². The lowest BCUT2D eigenvalue weighted by Crippen LogP contribution is -2.49. The van der Waals surface area contributed by atoms with Crippen LogP contribution in [0.2, 0.25) is 0 Å². The molecule has 1 fully saturated rings. The van der Waals surface area contributed by atoms with Crippen molar-refractivity contribution >= 4 is 17.8 Å². The Bertz CT molecular complexity index is 401. The first-order chi connectivity index (χ1) is 9.73. The Kier molecular flexibility index (Phi) is 6.18. The quantitative estimate of drug-likeness (QED) is 0.726. The van der Waals surface area contributed by atoms with Crippen molar-refractivity contribution in [1.29, 1.82) is 0 Å². The zero-order valence-corrected chi connectivity index (χ0v) is 13.1. The maximum Gasteiger partial charge on any atom is 0.303 e. The van der Waals surface area contributed by atoms with Gasteiger partial charge >= 0.3 is 5.97 Å². The van der Waals surface area contributed by atoms with E-state index < -0.39 is 11.4 Å². The largest absolute Gasteiger partial charge is 0.481 e. The van der Waals surface area contributed by atoms with Crippen molar-refractivity contribution in [2.75, 3.05) is 13.1 Å². The molecule has 6 heteroatoms. The Morgan fingerprint density at radius 2 is 1.90 bits per heavy atom. The summed E-state index contributed by atoms with van der Waals surface area (Å²) in [5, 5.41) is 11.3. The van der Waals surface area contributed by atoms with Crippen molar-refractivity contribution in [1.82, 2.24) is 10.2 Å². The van der Waals surface area contributed by atoms with Gasteiger partial charge in [0.25, 0.3) is 0 Å². The van der Waals surface area contributed by atoms with Crippen LogP contribution in [-0.4, -0.2) is 46.9 Å². The number of carbonyl (C=O) groups is 3. The number of hydrogen-bond donors (Lipinski definition) is 2. The second-order valence-corrected chi connectivity index (χ2v) is 6.55. The van der Waals surface area contributed by atoms with Gasteiger partial charge in [-0.15, -0.1) is 0 Å². The summed E-state index contributed by atoms with van der Waals surface area (Å²) in [5.41, 5.74) is -0.482. The number of rotatable bonds is 6. The highest BCUT2D eigenvalue weighted by Gasteiger charge is 2.38. The zero-order valence-electron chi connectivity index (χ0n) is 13.1. The summed E-state index contributed by atoms with van der Waals surface area (Å²) in [4.78, 5) is 36.5. The lowest BCUT2D eigenvalue weighted by atomic mass is 9.94. The lowest BCUT2D eigenvalue weighted by Gasteiger charge is -2.30. The van der Waals surface area contributed by atoms with E-state index in [-0.39, 0.29) is 24.3 Å². The van der Waals surface area contributed by atoms with Crippen molar-refractivity contribution in [3.05, 3.63) is 0 Å². The number of aliphatic carboxylic acids is 1. The Morgan fingerprint density at radius 3 is 2.48 bits per heavy atom. The second-order valence-electron chi connectivity index (χ2n) is 6.55. The van der Waals surface area contributed by atoms with Crippen LogP contribution < -0.4 is 5.32 Å². The first-order valence-corrected chi connectivity index (χ1v) is 7.54. The van der Waals surface area contributed by atoms with E-state index in [0.29, 0.717) is 32.4 Å². The summed E-state index contributed by atoms with van der Waals surface area (Å²) in [7, 11) is 0. The lowest BCUT2D eigenvalue weighted by molar-refractivity contribution is -0.144. The van der Waals surface area contributed by atoms with Gasteiger partial charge < -0.3 is 15.3 Å². The number of unbranched alkanes of at least 4 members (excludes halogenated alkanes) is 1. The number of carbonyl (C=O) groups excluding carboxylic acids is 2. The SMILES string of the molecule is CC(C)(C)C(=O)N1CCCC1C(=O)NCCCCC(=O)O. The van der Waals surface area contributed by atoms with Crippen LogP contribution in [0.1, 0.15) is 52.9 Å². The molecule has 1 unspecified atom stereocenters. The Labute approximate surface area is 125 Å². The van der Waals surface area contributed by atoms with Gasteiger partial charge in [-0.3, -0.25) is 14.4 Å². The molecule has 2 amide bonds. The monoisotopic (exact) mass is 298 g/mol. The third kappa shape index (κ3) is 5.36. The van der Waals surface area contributed by atoms with E-state index >= 15 is 0 Å². The maximum absolute atomic E-state index is 12.3. The maximum atomic E-state index is 12.3. The van der Waals surface area contributed by atoms with Crippen LogP contribution in [0.15, 0.2) is 0 Å². The topological polar surface area (TPSA) is 86.7 Å². The van der Waals surface area contributed by atoms with E-state index in [9.17, 15) is 14.4 Å². The number of amides is 2. The fourth-order valence-corrected chi connectivity index (χ4v) is 2.44.